The second-order valence-electron chi connectivity index (χ2n) is 5.59. The lowest BCUT2D eigenvalue weighted by atomic mass is 10.2. The van der Waals surface area contributed by atoms with E-state index in [2.05, 4.69) is 10.1 Å². The SMILES string of the molecule is CC(=O)Oc1ccc(C=c2sc3nc(C=Cc4cccs4)nn3c2=O)cc1. The molecule has 134 valence electrons. The van der Waals surface area contributed by atoms with E-state index in [0.29, 0.717) is 21.1 Å². The maximum atomic E-state index is 12.5. The lowest BCUT2D eigenvalue weighted by molar-refractivity contribution is -0.131. The number of rotatable bonds is 4. The lowest BCUT2D eigenvalue weighted by Crippen LogP contribution is -2.23. The molecule has 3 heterocycles. The predicted molar refractivity (Wildman–Crippen MR) is 107 cm³/mol. The van der Waals surface area contributed by atoms with Gasteiger partial charge in [-0.15, -0.1) is 16.4 Å². The Balaban J connectivity index is 1.62. The van der Waals surface area contributed by atoms with Gasteiger partial charge in [-0.1, -0.05) is 29.5 Å². The first-order chi connectivity index (χ1) is 13.1. The Morgan fingerprint density at radius 1 is 1.19 bits per heavy atom. The van der Waals surface area contributed by atoms with E-state index in [1.54, 1.807) is 47.8 Å². The number of esters is 1. The maximum absolute atomic E-state index is 12.5. The highest BCUT2D eigenvalue weighted by Crippen LogP contribution is 2.14. The Morgan fingerprint density at radius 2 is 2.00 bits per heavy atom. The van der Waals surface area contributed by atoms with Crippen LogP contribution in [-0.2, 0) is 4.79 Å². The first kappa shape index (κ1) is 17.3. The summed E-state index contributed by atoms with van der Waals surface area (Å²) in [4.78, 5) is 29.5. The molecule has 0 fully saturated rings. The van der Waals surface area contributed by atoms with Gasteiger partial charge in [0.15, 0.2) is 5.82 Å². The van der Waals surface area contributed by atoms with Crippen LogP contribution in [0.1, 0.15) is 23.2 Å². The van der Waals surface area contributed by atoms with Gasteiger partial charge in [0.25, 0.3) is 5.56 Å². The van der Waals surface area contributed by atoms with Crippen molar-refractivity contribution in [1.29, 1.82) is 0 Å². The van der Waals surface area contributed by atoms with E-state index in [0.717, 1.165) is 10.4 Å². The second kappa shape index (κ2) is 7.26. The summed E-state index contributed by atoms with van der Waals surface area (Å²) in [5.41, 5.74) is 0.618. The van der Waals surface area contributed by atoms with Crippen molar-refractivity contribution < 1.29 is 9.53 Å². The predicted octanol–water partition coefficient (Wildman–Crippen LogP) is 2.86. The van der Waals surface area contributed by atoms with Gasteiger partial charge >= 0.3 is 5.97 Å². The third-order valence-electron chi connectivity index (χ3n) is 3.58. The zero-order chi connectivity index (χ0) is 18.8. The van der Waals surface area contributed by atoms with Crippen LogP contribution < -0.4 is 14.8 Å². The van der Waals surface area contributed by atoms with Crippen LogP contribution in [0.2, 0.25) is 0 Å². The molecule has 0 aliphatic rings. The molecule has 0 spiro atoms. The molecule has 0 saturated heterocycles. The molecule has 0 N–H and O–H groups in total. The summed E-state index contributed by atoms with van der Waals surface area (Å²) in [6, 6.07) is 10.9. The lowest BCUT2D eigenvalue weighted by Gasteiger charge is -2.00. The second-order valence-corrected chi connectivity index (χ2v) is 7.58. The van der Waals surface area contributed by atoms with Crippen molar-refractivity contribution in [3.05, 3.63) is 72.9 Å². The van der Waals surface area contributed by atoms with Gasteiger partial charge in [-0.25, -0.2) is 0 Å². The highest BCUT2D eigenvalue weighted by Gasteiger charge is 2.09. The fourth-order valence-corrected chi connectivity index (χ4v) is 3.94. The zero-order valence-corrected chi connectivity index (χ0v) is 15.8. The summed E-state index contributed by atoms with van der Waals surface area (Å²) >= 11 is 2.90. The van der Waals surface area contributed by atoms with Crippen molar-refractivity contribution in [3.8, 4) is 5.75 Å². The molecule has 0 radical (unpaired) electrons. The number of thiophene rings is 1. The molecular weight excluding hydrogens is 382 g/mol. The average Bonchev–Trinajstić information content (AvgIpc) is 3.34. The highest BCUT2D eigenvalue weighted by atomic mass is 32.1. The minimum absolute atomic E-state index is 0.206. The number of hydrogen-bond donors (Lipinski definition) is 0. The molecule has 0 saturated carbocycles. The van der Waals surface area contributed by atoms with Gasteiger partial charge in [0.2, 0.25) is 4.96 Å². The molecule has 4 aromatic rings. The molecule has 3 aromatic heterocycles. The fraction of sp³-hybridized carbons (Fsp3) is 0.0526. The van der Waals surface area contributed by atoms with Gasteiger partial charge in [-0.2, -0.15) is 9.50 Å². The third kappa shape index (κ3) is 3.86. The molecule has 0 bridgehead atoms. The molecule has 0 amide bonds. The number of hydrogen-bond acceptors (Lipinski definition) is 7. The number of thiazole rings is 1. The number of carbonyl (C=O) groups is 1. The summed E-state index contributed by atoms with van der Waals surface area (Å²) in [6.45, 7) is 1.35. The van der Waals surface area contributed by atoms with Gasteiger partial charge in [-0.05, 0) is 47.4 Å². The molecular formula is C19H13N3O3S2. The first-order valence-corrected chi connectivity index (χ1v) is 9.69. The van der Waals surface area contributed by atoms with Crippen LogP contribution in [-0.4, -0.2) is 20.6 Å². The van der Waals surface area contributed by atoms with Crippen molar-refractivity contribution in [2.45, 2.75) is 6.92 Å². The molecule has 1 aromatic carbocycles. The number of ether oxygens (including phenoxy) is 1. The average molecular weight is 395 g/mol. The zero-order valence-electron chi connectivity index (χ0n) is 14.2. The van der Waals surface area contributed by atoms with Crippen molar-refractivity contribution in [2.75, 3.05) is 0 Å². The van der Waals surface area contributed by atoms with Gasteiger partial charge in [0.05, 0.1) is 4.53 Å². The largest absolute Gasteiger partial charge is 0.427 e. The van der Waals surface area contributed by atoms with E-state index < -0.39 is 0 Å². The highest BCUT2D eigenvalue weighted by molar-refractivity contribution is 7.15. The number of fused-ring (bicyclic) bond motifs is 1. The van der Waals surface area contributed by atoms with E-state index in [9.17, 15) is 9.59 Å². The summed E-state index contributed by atoms with van der Waals surface area (Å²) in [7, 11) is 0. The maximum Gasteiger partial charge on any atom is 0.308 e. The van der Waals surface area contributed by atoms with Crippen LogP contribution in [0.5, 0.6) is 5.75 Å². The van der Waals surface area contributed by atoms with Gasteiger partial charge in [-0.3, -0.25) is 9.59 Å². The Kier molecular flexibility index (Phi) is 4.66. The Hall–Kier alpha value is -3.10. The summed E-state index contributed by atoms with van der Waals surface area (Å²) < 4.78 is 6.86. The summed E-state index contributed by atoms with van der Waals surface area (Å²) in [5.74, 6) is 0.596. The standard InChI is InChI=1S/C19H13N3O3S2/c1-12(23)25-14-6-4-13(5-7-14)11-16-18(24)22-19(27-16)20-17(21-22)9-8-15-3-2-10-26-15/h2-11H,1H3. The summed E-state index contributed by atoms with van der Waals surface area (Å²) in [6.07, 6.45) is 5.48. The van der Waals surface area contributed by atoms with E-state index in [4.69, 9.17) is 4.74 Å². The van der Waals surface area contributed by atoms with E-state index in [1.807, 2.05) is 23.6 Å². The Morgan fingerprint density at radius 3 is 2.67 bits per heavy atom. The smallest absolute Gasteiger partial charge is 0.308 e. The monoisotopic (exact) mass is 395 g/mol. The Labute approximate surface area is 161 Å². The van der Waals surface area contributed by atoms with E-state index in [-0.39, 0.29) is 11.5 Å². The molecule has 0 atom stereocenters. The fourth-order valence-electron chi connectivity index (χ4n) is 2.41. The van der Waals surface area contributed by atoms with Crippen LogP contribution in [0.3, 0.4) is 0 Å². The van der Waals surface area contributed by atoms with E-state index >= 15 is 0 Å². The summed E-state index contributed by atoms with van der Waals surface area (Å²) in [5, 5.41) is 6.26. The van der Waals surface area contributed by atoms with Crippen molar-refractivity contribution >= 4 is 51.8 Å². The van der Waals surface area contributed by atoms with Crippen LogP contribution in [0.4, 0.5) is 0 Å². The van der Waals surface area contributed by atoms with Crippen LogP contribution in [0.15, 0.2) is 46.6 Å². The number of nitrogens with zero attached hydrogens (tertiary/aromatic N) is 3. The number of aromatic nitrogens is 3. The minimum Gasteiger partial charge on any atom is -0.427 e. The van der Waals surface area contributed by atoms with Crippen LogP contribution in [0.25, 0.3) is 23.2 Å². The molecule has 6 nitrogen and oxygen atoms in total. The van der Waals surface area contributed by atoms with Crippen LogP contribution in [0, 0.1) is 0 Å². The quantitative estimate of drug-likeness (QED) is 0.392. The molecule has 0 unspecified atom stereocenters. The van der Waals surface area contributed by atoms with Gasteiger partial charge < -0.3 is 4.74 Å². The van der Waals surface area contributed by atoms with Crippen LogP contribution >= 0.6 is 22.7 Å². The number of carbonyl (C=O) groups excluding carboxylic acids is 1. The van der Waals surface area contributed by atoms with Gasteiger partial charge in [0.1, 0.15) is 5.75 Å². The van der Waals surface area contributed by atoms with Crippen molar-refractivity contribution in [3.63, 3.8) is 0 Å². The molecule has 0 aliphatic heterocycles. The Bertz CT molecular complexity index is 1240. The third-order valence-corrected chi connectivity index (χ3v) is 5.37. The first-order valence-electron chi connectivity index (χ1n) is 8.00. The molecule has 8 heteroatoms. The normalized spacial score (nSPS) is 12.3. The van der Waals surface area contributed by atoms with Gasteiger partial charge in [0, 0.05) is 11.8 Å². The minimum atomic E-state index is -0.372. The topological polar surface area (TPSA) is 73.6 Å². The van der Waals surface area contributed by atoms with Crippen molar-refractivity contribution in [2.24, 2.45) is 0 Å². The molecule has 4 rings (SSSR count). The molecule has 0 aliphatic carbocycles. The van der Waals surface area contributed by atoms with Crippen molar-refractivity contribution in [1.82, 2.24) is 14.6 Å². The molecule has 27 heavy (non-hydrogen) atoms. The number of benzene rings is 1. The van der Waals surface area contributed by atoms with E-state index in [1.165, 1.54) is 22.8 Å².